The van der Waals surface area contributed by atoms with Crippen molar-refractivity contribution in [3.05, 3.63) is 48.4 Å². The molecule has 0 atom stereocenters. The highest BCUT2D eigenvalue weighted by atomic mass is 16.5. The van der Waals surface area contributed by atoms with Crippen molar-refractivity contribution >= 4 is 11.2 Å². The van der Waals surface area contributed by atoms with Gasteiger partial charge in [0.05, 0.1) is 12.8 Å². The third-order valence-corrected chi connectivity index (χ3v) is 3.36. The number of nitrogens with zero attached hydrogens (tertiary/aromatic N) is 3. The van der Waals surface area contributed by atoms with E-state index in [1.165, 1.54) is 0 Å². The van der Waals surface area contributed by atoms with Crippen LogP contribution in [0.1, 0.15) is 12.2 Å². The molecule has 0 bridgehead atoms. The third kappa shape index (κ3) is 2.60. The summed E-state index contributed by atoms with van der Waals surface area (Å²) in [6.07, 6.45) is 3.13. The minimum absolute atomic E-state index is 0.148. The van der Waals surface area contributed by atoms with Gasteiger partial charge in [0.1, 0.15) is 17.1 Å². The lowest BCUT2D eigenvalue weighted by Gasteiger charge is -2.09. The van der Waals surface area contributed by atoms with E-state index < -0.39 is 0 Å². The molecule has 3 aromatic rings. The standard InChI is InChI=1S/C16H17N3O2/c1-21-13-6-2-5-12(11-13)19-15(8-4-10-20)18-14-7-3-9-17-16(14)19/h2-3,5-7,9,11,20H,4,8,10H2,1H3. The van der Waals surface area contributed by atoms with Crippen molar-refractivity contribution in [2.75, 3.05) is 13.7 Å². The first kappa shape index (κ1) is 13.6. The van der Waals surface area contributed by atoms with Gasteiger partial charge in [-0.05, 0) is 30.7 Å². The van der Waals surface area contributed by atoms with E-state index in [0.717, 1.165) is 28.4 Å². The molecule has 1 aromatic carbocycles. The number of aromatic nitrogens is 3. The highest BCUT2D eigenvalue weighted by Gasteiger charge is 2.13. The number of imidazole rings is 1. The monoisotopic (exact) mass is 283 g/mol. The molecule has 5 nitrogen and oxygen atoms in total. The van der Waals surface area contributed by atoms with Crippen LogP contribution in [0.25, 0.3) is 16.9 Å². The van der Waals surface area contributed by atoms with Crippen LogP contribution in [-0.2, 0) is 6.42 Å². The Morgan fingerprint density at radius 2 is 2.14 bits per heavy atom. The van der Waals surface area contributed by atoms with Gasteiger partial charge in [-0.15, -0.1) is 0 Å². The summed E-state index contributed by atoms with van der Waals surface area (Å²) in [7, 11) is 1.65. The third-order valence-electron chi connectivity index (χ3n) is 3.36. The fourth-order valence-corrected chi connectivity index (χ4v) is 2.39. The van der Waals surface area contributed by atoms with Gasteiger partial charge in [0, 0.05) is 25.3 Å². The van der Waals surface area contributed by atoms with Crippen LogP contribution in [0.15, 0.2) is 42.6 Å². The minimum atomic E-state index is 0.148. The van der Waals surface area contributed by atoms with Crippen LogP contribution in [0.2, 0.25) is 0 Å². The summed E-state index contributed by atoms with van der Waals surface area (Å²) in [5.74, 6) is 1.68. The van der Waals surface area contributed by atoms with Gasteiger partial charge in [-0.2, -0.15) is 0 Å². The largest absolute Gasteiger partial charge is 0.497 e. The van der Waals surface area contributed by atoms with Crippen LogP contribution in [0.4, 0.5) is 0 Å². The molecular weight excluding hydrogens is 266 g/mol. The smallest absolute Gasteiger partial charge is 0.164 e. The molecule has 0 aliphatic carbocycles. The van der Waals surface area contributed by atoms with Gasteiger partial charge in [0.15, 0.2) is 5.65 Å². The zero-order valence-corrected chi connectivity index (χ0v) is 11.9. The van der Waals surface area contributed by atoms with Crippen molar-refractivity contribution in [2.45, 2.75) is 12.8 Å². The molecule has 1 N–H and O–H groups in total. The second-order valence-electron chi connectivity index (χ2n) is 4.74. The van der Waals surface area contributed by atoms with Crippen LogP contribution in [-0.4, -0.2) is 33.4 Å². The zero-order valence-electron chi connectivity index (χ0n) is 11.9. The Kier molecular flexibility index (Phi) is 3.83. The molecule has 21 heavy (non-hydrogen) atoms. The average molecular weight is 283 g/mol. The van der Waals surface area contributed by atoms with Crippen molar-refractivity contribution in [2.24, 2.45) is 0 Å². The maximum Gasteiger partial charge on any atom is 0.164 e. The van der Waals surface area contributed by atoms with E-state index in [1.54, 1.807) is 13.3 Å². The predicted octanol–water partition coefficient (Wildman–Crippen LogP) is 2.35. The topological polar surface area (TPSA) is 60.2 Å². The highest BCUT2D eigenvalue weighted by Crippen LogP contribution is 2.23. The van der Waals surface area contributed by atoms with E-state index in [2.05, 4.69) is 9.97 Å². The fourth-order valence-electron chi connectivity index (χ4n) is 2.39. The van der Waals surface area contributed by atoms with Crippen LogP contribution in [0.5, 0.6) is 5.75 Å². The Bertz CT molecular complexity index is 752. The Morgan fingerprint density at radius 3 is 2.95 bits per heavy atom. The number of rotatable bonds is 5. The predicted molar refractivity (Wildman–Crippen MR) is 80.8 cm³/mol. The molecule has 0 amide bonds. The van der Waals surface area contributed by atoms with Gasteiger partial charge < -0.3 is 9.84 Å². The van der Waals surface area contributed by atoms with Crippen molar-refractivity contribution < 1.29 is 9.84 Å². The van der Waals surface area contributed by atoms with Gasteiger partial charge in [0.2, 0.25) is 0 Å². The molecule has 5 heteroatoms. The van der Waals surface area contributed by atoms with Crippen LogP contribution in [0, 0.1) is 0 Å². The molecule has 0 aliphatic rings. The molecule has 0 aliphatic heterocycles. The number of benzene rings is 1. The van der Waals surface area contributed by atoms with E-state index in [9.17, 15) is 0 Å². The van der Waals surface area contributed by atoms with Crippen molar-refractivity contribution in [3.8, 4) is 11.4 Å². The number of aliphatic hydroxyl groups excluding tert-OH is 1. The number of aryl methyl sites for hydroxylation is 1. The van der Waals surface area contributed by atoms with Gasteiger partial charge in [0.25, 0.3) is 0 Å². The van der Waals surface area contributed by atoms with E-state index in [0.29, 0.717) is 12.8 Å². The summed E-state index contributed by atoms with van der Waals surface area (Å²) in [5.41, 5.74) is 2.63. The molecule has 0 fully saturated rings. The summed E-state index contributed by atoms with van der Waals surface area (Å²) in [4.78, 5) is 9.07. The Morgan fingerprint density at radius 1 is 1.24 bits per heavy atom. The van der Waals surface area contributed by atoms with E-state index >= 15 is 0 Å². The summed E-state index contributed by atoms with van der Waals surface area (Å²) < 4.78 is 7.31. The van der Waals surface area contributed by atoms with E-state index in [1.807, 2.05) is 41.0 Å². The van der Waals surface area contributed by atoms with Crippen molar-refractivity contribution in [3.63, 3.8) is 0 Å². The molecule has 3 rings (SSSR count). The molecule has 0 saturated heterocycles. The van der Waals surface area contributed by atoms with Gasteiger partial charge in [-0.3, -0.25) is 4.57 Å². The normalized spacial score (nSPS) is 11.0. The molecule has 2 heterocycles. The summed E-state index contributed by atoms with van der Waals surface area (Å²) in [6, 6.07) is 11.6. The number of fused-ring (bicyclic) bond motifs is 1. The van der Waals surface area contributed by atoms with Crippen LogP contribution < -0.4 is 4.74 Å². The highest BCUT2D eigenvalue weighted by molar-refractivity contribution is 5.74. The van der Waals surface area contributed by atoms with Crippen LogP contribution in [0.3, 0.4) is 0 Å². The number of pyridine rings is 1. The van der Waals surface area contributed by atoms with E-state index in [4.69, 9.17) is 9.84 Å². The minimum Gasteiger partial charge on any atom is -0.497 e. The average Bonchev–Trinajstić information content (AvgIpc) is 2.91. The summed E-state index contributed by atoms with van der Waals surface area (Å²) in [6.45, 7) is 0.148. The van der Waals surface area contributed by atoms with Gasteiger partial charge in [-0.25, -0.2) is 9.97 Å². The van der Waals surface area contributed by atoms with Crippen LogP contribution >= 0.6 is 0 Å². The Hall–Kier alpha value is -2.40. The second kappa shape index (κ2) is 5.93. The molecule has 0 saturated carbocycles. The fraction of sp³-hybridized carbons (Fsp3) is 0.250. The first-order valence-electron chi connectivity index (χ1n) is 6.91. The number of hydrogen-bond donors (Lipinski definition) is 1. The maximum absolute atomic E-state index is 9.07. The molecule has 0 radical (unpaired) electrons. The first-order valence-corrected chi connectivity index (χ1v) is 6.91. The molecule has 0 spiro atoms. The molecule has 0 unspecified atom stereocenters. The maximum atomic E-state index is 9.07. The summed E-state index contributed by atoms with van der Waals surface area (Å²) >= 11 is 0. The van der Waals surface area contributed by atoms with Gasteiger partial charge >= 0.3 is 0 Å². The molecular formula is C16H17N3O2. The number of aliphatic hydroxyl groups is 1. The number of ether oxygens (including phenoxy) is 1. The lowest BCUT2D eigenvalue weighted by atomic mass is 10.2. The lowest BCUT2D eigenvalue weighted by molar-refractivity contribution is 0.287. The zero-order chi connectivity index (χ0) is 14.7. The lowest BCUT2D eigenvalue weighted by Crippen LogP contribution is -2.03. The second-order valence-corrected chi connectivity index (χ2v) is 4.74. The van der Waals surface area contributed by atoms with Crippen molar-refractivity contribution in [1.82, 2.24) is 14.5 Å². The molecule has 2 aromatic heterocycles. The Labute approximate surface area is 122 Å². The summed E-state index contributed by atoms with van der Waals surface area (Å²) in [5, 5.41) is 9.07. The Balaban J connectivity index is 2.17. The van der Waals surface area contributed by atoms with E-state index in [-0.39, 0.29) is 6.61 Å². The number of hydrogen-bond acceptors (Lipinski definition) is 4. The quantitative estimate of drug-likeness (QED) is 0.781. The number of methoxy groups -OCH3 is 1. The SMILES string of the molecule is COc1cccc(-n2c(CCCO)nc3cccnc32)c1. The first-order chi connectivity index (χ1) is 10.3. The van der Waals surface area contributed by atoms with Crippen molar-refractivity contribution in [1.29, 1.82) is 0 Å². The van der Waals surface area contributed by atoms with Gasteiger partial charge in [-0.1, -0.05) is 6.07 Å². The molecule has 108 valence electrons.